The summed E-state index contributed by atoms with van der Waals surface area (Å²) in [6, 6.07) is 13.1. The number of benzene rings is 2. The molecule has 1 atom stereocenters. The Morgan fingerprint density at radius 1 is 1.17 bits per heavy atom. The summed E-state index contributed by atoms with van der Waals surface area (Å²) in [5.41, 5.74) is 1.53. The van der Waals surface area contributed by atoms with Crippen LogP contribution in [-0.2, 0) is 4.79 Å². The lowest BCUT2D eigenvalue weighted by atomic mass is 10.1. The van der Waals surface area contributed by atoms with Gasteiger partial charge < -0.3 is 15.4 Å². The summed E-state index contributed by atoms with van der Waals surface area (Å²) in [6.07, 6.45) is 2.04. The zero-order chi connectivity index (χ0) is 16.9. The molecule has 2 aromatic carbocycles. The fourth-order valence-corrected chi connectivity index (χ4v) is 2.45. The molecule has 0 radical (unpaired) electrons. The highest BCUT2D eigenvalue weighted by Crippen LogP contribution is 2.25. The van der Waals surface area contributed by atoms with E-state index in [0.29, 0.717) is 6.61 Å². The van der Waals surface area contributed by atoms with E-state index >= 15 is 0 Å². The van der Waals surface area contributed by atoms with Crippen molar-refractivity contribution in [2.75, 3.05) is 11.9 Å². The molecule has 1 saturated carbocycles. The molecule has 126 valence electrons. The molecule has 0 aromatic heterocycles. The molecule has 2 aromatic rings. The topological polar surface area (TPSA) is 50.4 Å². The number of hydrogen-bond acceptors (Lipinski definition) is 3. The lowest BCUT2D eigenvalue weighted by molar-refractivity contribution is -0.122. The molecule has 1 aliphatic carbocycles. The molecule has 0 aliphatic heterocycles. The van der Waals surface area contributed by atoms with Crippen LogP contribution in [0.2, 0.25) is 0 Å². The van der Waals surface area contributed by atoms with Crippen molar-refractivity contribution in [2.45, 2.75) is 31.8 Å². The van der Waals surface area contributed by atoms with Gasteiger partial charge in [0, 0.05) is 11.7 Å². The number of anilines is 1. The number of carbonyl (C=O) groups is 1. The van der Waals surface area contributed by atoms with Gasteiger partial charge in [-0.05, 0) is 61.7 Å². The fraction of sp³-hybridized carbons (Fsp3) is 0.316. The molecule has 1 fully saturated rings. The highest BCUT2D eigenvalue weighted by Gasteiger charge is 2.28. The third-order valence-corrected chi connectivity index (χ3v) is 3.87. The van der Waals surface area contributed by atoms with Crippen molar-refractivity contribution >= 4 is 11.6 Å². The minimum absolute atomic E-state index is 0.0991. The summed E-state index contributed by atoms with van der Waals surface area (Å²) in [7, 11) is 0. The smallest absolute Gasteiger partial charge is 0.247 e. The Balaban J connectivity index is 1.77. The summed E-state index contributed by atoms with van der Waals surface area (Å²) in [5.74, 6) is 0.364. The first-order valence-corrected chi connectivity index (χ1v) is 8.21. The van der Waals surface area contributed by atoms with Gasteiger partial charge in [-0.1, -0.05) is 12.1 Å². The van der Waals surface area contributed by atoms with Gasteiger partial charge in [-0.3, -0.25) is 4.79 Å². The standard InChI is InChI=1S/C19H21FN2O2/c1-2-24-17-11-9-15(10-12-17)21-18(19(23)22-16-7-8-16)13-3-5-14(20)6-4-13/h3-6,9-12,16,18,21H,2,7-8H2,1H3,(H,22,23)/t18-/m0/s1. The number of ether oxygens (including phenoxy) is 1. The normalized spacial score (nSPS) is 14.8. The summed E-state index contributed by atoms with van der Waals surface area (Å²) < 4.78 is 18.6. The Kier molecular flexibility index (Phi) is 4.99. The zero-order valence-corrected chi connectivity index (χ0v) is 13.6. The predicted molar refractivity (Wildman–Crippen MR) is 91.5 cm³/mol. The quantitative estimate of drug-likeness (QED) is 0.815. The van der Waals surface area contributed by atoms with Gasteiger partial charge in [-0.25, -0.2) is 4.39 Å². The molecule has 0 spiro atoms. The van der Waals surface area contributed by atoms with Gasteiger partial charge in [0.2, 0.25) is 5.91 Å². The van der Waals surface area contributed by atoms with Crippen LogP contribution in [0.4, 0.5) is 10.1 Å². The molecule has 0 heterocycles. The van der Waals surface area contributed by atoms with Gasteiger partial charge in [0.1, 0.15) is 17.6 Å². The summed E-state index contributed by atoms with van der Waals surface area (Å²) in [4.78, 5) is 12.6. The number of nitrogens with one attached hydrogen (secondary N) is 2. The van der Waals surface area contributed by atoms with Crippen molar-refractivity contribution in [1.82, 2.24) is 5.32 Å². The van der Waals surface area contributed by atoms with Crippen molar-refractivity contribution in [3.63, 3.8) is 0 Å². The number of carbonyl (C=O) groups excluding carboxylic acids is 1. The summed E-state index contributed by atoms with van der Waals surface area (Å²) in [6.45, 7) is 2.54. The molecule has 4 nitrogen and oxygen atoms in total. The van der Waals surface area contributed by atoms with E-state index in [1.807, 2.05) is 31.2 Å². The number of amides is 1. The first-order valence-electron chi connectivity index (χ1n) is 8.21. The lowest BCUT2D eigenvalue weighted by Gasteiger charge is -2.20. The van der Waals surface area contributed by atoms with Crippen LogP contribution < -0.4 is 15.4 Å². The second kappa shape index (κ2) is 7.34. The van der Waals surface area contributed by atoms with Crippen molar-refractivity contribution in [3.8, 4) is 5.75 Å². The second-order valence-corrected chi connectivity index (χ2v) is 5.87. The molecular formula is C19H21FN2O2. The Hall–Kier alpha value is -2.56. The van der Waals surface area contributed by atoms with Crippen molar-refractivity contribution < 1.29 is 13.9 Å². The van der Waals surface area contributed by atoms with Gasteiger partial charge >= 0.3 is 0 Å². The van der Waals surface area contributed by atoms with E-state index in [1.165, 1.54) is 12.1 Å². The molecule has 24 heavy (non-hydrogen) atoms. The van der Waals surface area contributed by atoms with Crippen LogP contribution in [0.15, 0.2) is 48.5 Å². The van der Waals surface area contributed by atoms with Crippen LogP contribution in [0.1, 0.15) is 31.4 Å². The van der Waals surface area contributed by atoms with E-state index in [2.05, 4.69) is 10.6 Å². The second-order valence-electron chi connectivity index (χ2n) is 5.87. The molecule has 5 heteroatoms. The molecule has 2 N–H and O–H groups in total. The Bertz CT molecular complexity index is 682. The predicted octanol–water partition coefficient (Wildman–Crippen LogP) is 3.66. The lowest BCUT2D eigenvalue weighted by Crippen LogP contribution is -2.34. The van der Waals surface area contributed by atoms with Gasteiger partial charge in [0.15, 0.2) is 0 Å². The molecule has 3 rings (SSSR count). The third-order valence-electron chi connectivity index (χ3n) is 3.87. The maximum absolute atomic E-state index is 13.2. The van der Waals surface area contributed by atoms with Crippen LogP contribution in [0.5, 0.6) is 5.75 Å². The largest absolute Gasteiger partial charge is 0.494 e. The van der Waals surface area contributed by atoms with Crippen LogP contribution in [0, 0.1) is 5.82 Å². The zero-order valence-electron chi connectivity index (χ0n) is 13.6. The Labute approximate surface area is 141 Å². The van der Waals surface area contributed by atoms with Gasteiger partial charge in [-0.15, -0.1) is 0 Å². The first kappa shape index (κ1) is 16.3. The van der Waals surface area contributed by atoms with E-state index in [4.69, 9.17) is 4.74 Å². The first-order chi connectivity index (χ1) is 11.7. The van der Waals surface area contributed by atoms with Crippen LogP contribution in [0.25, 0.3) is 0 Å². The monoisotopic (exact) mass is 328 g/mol. The molecular weight excluding hydrogens is 307 g/mol. The minimum atomic E-state index is -0.566. The van der Waals surface area contributed by atoms with E-state index in [9.17, 15) is 9.18 Å². The molecule has 1 amide bonds. The fourth-order valence-electron chi connectivity index (χ4n) is 2.45. The highest BCUT2D eigenvalue weighted by molar-refractivity contribution is 5.86. The number of rotatable bonds is 7. The van der Waals surface area contributed by atoms with E-state index in [0.717, 1.165) is 29.8 Å². The maximum atomic E-state index is 13.2. The molecule has 1 aliphatic rings. The Morgan fingerprint density at radius 3 is 2.42 bits per heavy atom. The molecule has 0 saturated heterocycles. The number of hydrogen-bond donors (Lipinski definition) is 2. The van der Waals surface area contributed by atoms with Gasteiger partial charge in [-0.2, -0.15) is 0 Å². The molecule has 0 bridgehead atoms. The van der Waals surface area contributed by atoms with Gasteiger partial charge in [0.25, 0.3) is 0 Å². The summed E-state index contributed by atoms with van der Waals surface area (Å²) >= 11 is 0. The van der Waals surface area contributed by atoms with E-state index in [1.54, 1.807) is 12.1 Å². The van der Waals surface area contributed by atoms with Crippen LogP contribution in [-0.4, -0.2) is 18.6 Å². The number of halogens is 1. The van der Waals surface area contributed by atoms with Crippen molar-refractivity contribution in [3.05, 3.63) is 59.9 Å². The van der Waals surface area contributed by atoms with E-state index < -0.39 is 6.04 Å². The average molecular weight is 328 g/mol. The minimum Gasteiger partial charge on any atom is -0.494 e. The third kappa shape index (κ3) is 4.25. The molecule has 0 unspecified atom stereocenters. The highest BCUT2D eigenvalue weighted by atomic mass is 19.1. The van der Waals surface area contributed by atoms with Crippen LogP contribution in [0.3, 0.4) is 0 Å². The van der Waals surface area contributed by atoms with Crippen LogP contribution >= 0.6 is 0 Å². The summed E-state index contributed by atoms with van der Waals surface area (Å²) in [5, 5.41) is 6.23. The van der Waals surface area contributed by atoms with Crippen molar-refractivity contribution in [1.29, 1.82) is 0 Å². The van der Waals surface area contributed by atoms with Crippen molar-refractivity contribution in [2.24, 2.45) is 0 Å². The maximum Gasteiger partial charge on any atom is 0.247 e. The Morgan fingerprint density at radius 2 is 1.83 bits per heavy atom. The average Bonchev–Trinajstić information content (AvgIpc) is 3.39. The SMILES string of the molecule is CCOc1ccc(N[C@H](C(=O)NC2CC2)c2ccc(F)cc2)cc1. The van der Waals surface area contributed by atoms with Gasteiger partial charge in [0.05, 0.1) is 6.61 Å². The van der Waals surface area contributed by atoms with E-state index in [-0.39, 0.29) is 17.8 Å².